The Morgan fingerprint density at radius 1 is 1.60 bits per heavy atom. The third kappa shape index (κ3) is 3.70. The van der Waals surface area contributed by atoms with Gasteiger partial charge in [-0.15, -0.1) is 0 Å². The van der Waals surface area contributed by atoms with Crippen LogP contribution in [0.15, 0.2) is 24.3 Å². The Bertz CT molecular complexity index is 341. The molecule has 1 aromatic rings. The van der Waals surface area contributed by atoms with Crippen LogP contribution in [0.3, 0.4) is 0 Å². The van der Waals surface area contributed by atoms with Gasteiger partial charge in [0.1, 0.15) is 5.75 Å². The van der Waals surface area contributed by atoms with Crippen molar-refractivity contribution in [3.8, 4) is 5.75 Å². The van der Waals surface area contributed by atoms with E-state index >= 15 is 0 Å². The van der Waals surface area contributed by atoms with Crippen LogP contribution in [0.4, 0.5) is 0 Å². The lowest BCUT2D eigenvalue weighted by Gasteiger charge is -2.14. The zero-order valence-electron chi connectivity index (χ0n) is 8.79. The number of carbonyl (C=O) groups is 1. The van der Waals surface area contributed by atoms with Crippen molar-refractivity contribution in [2.45, 2.75) is 13.0 Å². The van der Waals surface area contributed by atoms with E-state index in [1.54, 1.807) is 7.11 Å². The molecule has 15 heavy (non-hydrogen) atoms. The molecule has 0 aliphatic carbocycles. The van der Waals surface area contributed by atoms with E-state index < -0.39 is 0 Å². The molecule has 0 aliphatic rings. The summed E-state index contributed by atoms with van der Waals surface area (Å²) in [6.45, 7) is 1.96. The number of carbonyl (C=O) groups excluding carboxylic acids is 1. The van der Waals surface area contributed by atoms with Crippen LogP contribution in [0.5, 0.6) is 5.75 Å². The summed E-state index contributed by atoms with van der Waals surface area (Å²) < 4.78 is 5.60. The van der Waals surface area contributed by atoms with Crippen molar-refractivity contribution < 1.29 is 9.53 Å². The topological polar surface area (TPSA) is 38.3 Å². The summed E-state index contributed by atoms with van der Waals surface area (Å²) in [4.78, 5) is 11.2. The number of amides is 1. The van der Waals surface area contributed by atoms with Gasteiger partial charge in [0.05, 0.1) is 17.6 Å². The fraction of sp³-hybridized carbons (Fsp3) is 0.364. The average molecular weight is 319 g/mol. The molecule has 1 unspecified atom stereocenters. The van der Waals surface area contributed by atoms with E-state index in [9.17, 15) is 4.79 Å². The SMILES string of the molecule is COc1cccc(C(C)NC(=O)CI)c1. The molecule has 0 heterocycles. The van der Waals surface area contributed by atoms with Gasteiger partial charge in [0.15, 0.2) is 0 Å². The lowest BCUT2D eigenvalue weighted by atomic mass is 10.1. The van der Waals surface area contributed by atoms with Crippen LogP contribution in [-0.4, -0.2) is 17.4 Å². The van der Waals surface area contributed by atoms with Gasteiger partial charge in [0, 0.05) is 0 Å². The van der Waals surface area contributed by atoms with Gasteiger partial charge in [0.25, 0.3) is 0 Å². The fourth-order valence-electron chi connectivity index (χ4n) is 1.27. The lowest BCUT2D eigenvalue weighted by Crippen LogP contribution is -2.27. The second kappa shape index (κ2) is 5.95. The Hall–Kier alpha value is -0.780. The highest BCUT2D eigenvalue weighted by Crippen LogP contribution is 2.18. The minimum absolute atomic E-state index is 0.0161. The number of ether oxygens (including phenoxy) is 1. The molecular formula is C11H14INO2. The van der Waals surface area contributed by atoms with Gasteiger partial charge in [-0.2, -0.15) is 0 Å². The molecule has 1 aromatic carbocycles. The highest BCUT2D eigenvalue weighted by molar-refractivity contribution is 14.1. The van der Waals surface area contributed by atoms with Crippen molar-refractivity contribution in [3.63, 3.8) is 0 Å². The number of rotatable bonds is 4. The number of benzene rings is 1. The first-order valence-corrected chi connectivity index (χ1v) is 6.19. The molecule has 0 aromatic heterocycles. The van der Waals surface area contributed by atoms with Crippen LogP contribution in [0.2, 0.25) is 0 Å². The molecule has 1 amide bonds. The molecule has 82 valence electrons. The molecular weight excluding hydrogens is 305 g/mol. The van der Waals surface area contributed by atoms with E-state index in [-0.39, 0.29) is 11.9 Å². The minimum atomic E-state index is 0.0161. The Morgan fingerprint density at radius 3 is 2.93 bits per heavy atom. The average Bonchev–Trinajstić information content (AvgIpc) is 2.28. The minimum Gasteiger partial charge on any atom is -0.497 e. The van der Waals surface area contributed by atoms with E-state index in [0.717, 1.165) is 11.3 Å². The monoisotopic (exact) mass is 319 g/mol. The lowest BCUT2D eigenvalue weighted by molar-refractivity contribution is -0.118. The molecule has 1 atom stereocenters. The third-order valence-corrected chi connectivity index (χ3v) is 2.79. The third-order valence-electron chi connectivity index (χ3n) is 2.09. The van der Waals surface area contributed by atoms with Crippen molar-refractivity contribution in [3.05, 3.63) is 29.8 Å². The standard InChI is InChI=1S/C11H14INO2/c1-8(13-11(14)7-12)9-4-3-5-10(6-9)15-2/h3-6,8H,7H2,1-2H3,(H,13,14). The number of alkyl halides is 1. The van der Waals surface area contributed by atoms with Gasteiger partial charge in [-0.3, -0.25) is 4.79 Å². The zero-order valence-corrected chi connectivity index (χ0v) is 10.9. The predicted molar refractivity (Wildman–Crippen MR) is 68.4 cm³/mol. The van der Waals surface area contributed by atoms with Crippen LogP contribution in [-0.2, 0) is 4.79 Å². The van der Waals surface area contributed by atoms with Gasteiger partial charge in [0.2, 0.25) is 5.91 Å². The Balaban J connectivity index is 2.72. The summed E-state index contributed by atoms with van der Waals surface area (Å²) in [7, 11) is 1.63. The van der Waals surface area contributed by atoms with Crippen molar-refractivity contribution in [1.82, 2.24) is 5.32 Å². The van der Waals surface area contributed by atoms with Gasteiger partial charge < -0.3 is 10.1 Å². The summed E-state index contributed by atoms with van der Waals surface area (Å²) in [6, 6.07) is 7.72. The number of halogens is 1. The summed E-state index contributed by atoms with van der Waals surface area (Å²) in [5.74, 6) is 0.856. The first-order valence-electron chi connectivity index (χ1n) is 4.66. The largest absolute Gasteiger partial charge is 0.497 e. The molecule has 1 rings (SSSR count). The van der Waals surface area contributed by atoms with E-state index in [4.69, 9.17) is 4.74 Å². The fourth-order valence-corrected chi connectivity index (χ4v) is 1.49. The van der Waals surface area contributed by atoms with Crippen LogP contribution < -0.4 is 10.1 Å². The quantitative estimate of drug-likeness (QED) is 0.683. The molecule has 0 aliphatic heterocycles. The normalized spacial score (nSPS) is 11.9. The highest BCUT2D eigenvalue weighted by Gasteiger charge is 2.08. The maximum Gasteiger partial charge on any atom is 0.230 e. The number of methoxy groups -OCH3 is 1. The summed E-state index contributed by atoms with van der Waals surface area (Å²) >= 11 is 2.04. The van der Waals surface area contributed by atoms with Gasteiger partial charge in [-0.1, -0.05) is 34.7 Å². The Kier molecular flexibility index (Phi) is 4.87. The second-order valence-corrected chi connectivity index (χ2v) is 3.96. The van der Waals surface area contributed by atoms with Gasteiger partial charge in [-0.05, 0) is 24.6 Å². The summed E-state index contributed by atoms with van der Waals surface area (Å²) in [6.07, 6.45) is 0. The summed E-state index contributed by atoms with van der Waals surface area (Å²) in [5, 5.41) is 2.90. The van der Waals surface area contributed by atoms with Crippen molar-refractivity contribution in [2.24, 2.45) is 0 Å². The van der Waals surface area contributed by atoms with E-state index in [1.165, 1.54) is 0 Å². The number of nitrogens with one attached hydrogen (secondary N) is 1. The highest BCUT2D eigenvalue weighted by atomic mass is 127. The first kappa shape index (κ1) is 12.3. The molecule has 1 N–H and O–H groups in total. The van der Waals surface area contributed by atoms with E-state index in [2.05, 4.69) is 5.32 Å². The van der Waals surface area contributed by atoms with Gasteiger partial charge >= 0.3 is 0 Å². The Morgan fingerprint density at radius 2 is 2.33 bits per heavy atom. The van der Waals surface area contributed by atoms with Crippen molar-refractivity contribution in [2.75, 3.05) is 11.5 Å². The van der Waals surface area contributed by atoms with Crippen LogP contribution >= 0.6 is 22.6 Å². The maximum absolute atomic E-state index is 11.2. The maximum atomic E-state index is 11.2. The molecule has 4 heteroatoms. The number of hydrogen-bond acceptors (Lipinski definition) is 2. The van der Waals surface area contributed by atoms with E-state index in [1.807, 2.05) is 53.8 Å². The molecule has 3 nitrogen and oxygen atoms in total. The Labute approximate surface area is 103 Å². The molecule has 0 fully saturated rings. The van der Waals surface area contributed by atoms with E-state index in [0.29, 0.717) is 4.43 Å². The molecule has 0 saturated carbocycles. The first-order chi connectivity index (χ1) is 7.17. The van der Waals surface area contributed by atoms with Crippen LogP contribution in [0, 0.1) is 0 Å². The molecule has 0 bridgehead atoms. The molecule has 0 saturated heterocycles. The van der Waals surface area contributed by atoms with Crippen LogP contribution in [0.25, 0.3) is 0 Å². The smallest absolute Gasteiger partial charge is 0.230 e. The van der Waals surface area contributed by atoms with Gasteiger partial charge in [-0.25, -0.2) is 0 Å². The zero-order chi connectivity index (χ0) is 11.3. The summed E-state index contributed by atoms with van der Waals surface area (Å²) in [5.41, 5.74) is 1.05. The van der Waals surface area contributed by atoms with Crippen molar-refractivity contribution in [1.29, 1.82) is 0 Å². The number of hydrogen-bond donors (Lipinski definition) is 1. The molecule has 0 spiro atoms. The molecule has 0 radical (unpaired) electrons. The predicted octanol–water partition coefficient (Wildman–Crippen LogP) is 2.31. The second-order valence-electron chi connectivity index (χ2n) is 3.20. The van der Waals surface area contributed by atoms with Crippen LogP contribution in [0.1, 0.15) is 18.5 Å². The van der Waals surface area contributed by atoms with Crippen molar-refractivity contribution >= 4 is 28.5 Å².